The molecule has 0 saturated heterocycles. The van der Waals surface area contributed by atoms with Gasteiger partial charge in [0.15, 0.2) is 6.29 Å². The first-order valence-corrected chi connectivity index (χ1v) is 9.41. The van der Waals surface area contributed by atoms with Gasteiger partial charge in [0, 0.05) is 45.0 Å². The van der Waals surface area contributed by atoms with E-state index in [4.69, 9.17) is 0 Å². The Morgan fingerprint density at radius 3 is 2.89 bits per heavy atom. The fraction of sp³-hybridized carbons (Fsp3) is 0. The summed E-state index contributed by atoms with van der Waals surface area (Å²) < 4.78 is 1.07. The molecule has 0 radical (unpaired) electrons. The van der Waals surface area contributed by atoms with Crippen LogP contribution in [0.25, 0.3) is 31.6 Å². The number of aromatic nitrogens is 2. The van der Waals surface area contributed by atoms with Gasteiger partial charge in [-0.15, -0.1) is 11.3 Å². The Balaban J connectivity index is 1.59. The third kappa shape index (κ3) is 2.78. The van der Waals surface area contributed by atoms with Gasteiger partial charge in [-0.25, -0.2) is 0 Å². The molecule has 3 aromatic heterocycles. The molecule has 4 nitrogen and oxygen atoms in total. The predicted octanol–water partition coefficient (Wildman–Crippen LogP) is 6.00. The molecule has 0 aliphatic heterocycles. The molecule has 0 spiro atoms. The molecule has 5 heteroatoms. The third-order valence-electron chi connectivity index (χ3n) is 4.60. The van der Waals surface area contributed by atoms with Gasteiger partial charge >= 0.3 is 0 Å². The number of nitrogens with one attached hydrogen (secondary N) is 2. The highest BCUT2D eigenvalue weighted by Crippen LogP contribution is 2.38. The van der Waals surface area contributed by atoms with Gasteiger partial charge < -0.3 is 10.3 Å². The number of benzene rings is 2. The van der Waals surface area contributed by atoms with Crippen LogP contribution in [0.15, 0.2) is 73.1 Å². The summed E-state index contributed by atoms with van der Waals surface area (Å²) in [5.74, 6) is 0. The van der Waals surface area contributed by atoms with Crippen LogP contribution in [0, 0.1) is 0 Å². The normalized spacial score (nSPS) is 11.1. The monoisotopic (exact) mass is 369 g/mol. The van der Waals surface area contributed by atoms with E-state index >= 15 is 0 Å². The Morgan fingerprint density at radius 2 is 1.96 bits per heavy atom. The molecule has 0 aliphatic rings. The van der Waals surface area contributed by atoms with E-state index in [1.807, 2.05) is 48.8 Å². The van der Waals surface area contributed by atoms with Crippen LogP contribution in [0.2, 0.25) is 0 Å². The number of hydrogen-bond donors (Lipinski definition) is 2. The van der Waals surface area contributed by atoms with Gasteiger partial charge in [0.25, 0.3) is 0 Å². The maximum Gasteiger partial charge on any atom is 0.150 e. The number of carbonyl (C=O) groups is 1. The van der Waals surface area contributed by atoms with Crippen LogP contribution < -0.4 is 5.32 Å². The lowest BCUT2D eigenvalue weighted by Gasteiger charge is -2.07. The quantitative estimate of drug-likeness (QED) is 0.382. The molecule has 130 valence electrons. The first kappa shape index (κ1) is 15.8. The molecule has 0 fully saturated rings. The highest BCUT2D eigenvalue weighted by Gasteiger charge is 2.12. The van der Waals surface area contributed by atoms with Crippen LogP contribution in [0.3, 0.4) is 0 Å². The fourth-order valence-corrected chi connectivity index (χ4v) is 4.41. The van der Waals surface area contributed by atoms with E-state index in [0.29, 0.717) is 5.56 Å². The number of aromatic amines is 1. The molecule has 3 heterocycles. The van der Waals surface area contributed by atoms with Gasteiger partial charge in [-0.3, -0.25) is 9.78 Å². The van der Waals surface area contributed by atoms with Crippen molar-refractivity contribution >= 4 is 50.1 Å². The van der Waals surface area contributed by atoms with Crippen LogP contribution in [0.1, 0.15) is 10.4 Å². The Morgan fingerprint density at radius 1 is 1.04 bits per heavy atom. The zero-order valence-corrected chi connectivity index (χ0v) is 15.1. The highest BCUT2D eigenvalue weighted by atomic mass is 32.1. The number of rotatable bonds is 4. The second-order valence-electron chi connectivity index (χ2n) is 6.29. The van der Waals surface area contributed by atoms with Crippen molar-refractivity contribution in [3.05, 3.63) is 78.6 Å². The zero-order valence-electron chi connectivity index (χ0n) is 14.3. The average molecular weight is 369 g/mol. The number of aldehydes is 1. The largest absolute Gasteiger partial charge is 0.361 e. The van der Waals surface area contributed by atoms with E-state index in [0.717, 1.165) is 49.2 Å². The minimum atomic E-state index is 0.691. The van der Waals surface area contributed by atoms with Crippen molar-refractivity contribution in [1.82, 2.24) is 9.97 Å². The number of pyridine rings is 1. The van der Waals surface area contributed by atoms with Crippen LogP contribution in [0.5, 0.6) is 0 Å². The van der Waals surface area contributed by atoms with Crippen molar-refractivity contribution in [2.75, 3.05) is 5.32 Å². The molecular weight excluding hydrogens is 354 g/mol. The Hall–Kier alpha value is -3.44. The van der Waals surface area contributed by atoms with Crippen molar-refractivity contribution in [2.45, 2.75) is 0 Å². The molecule has 0 unspecified atom stereocenters. The minimum absolute atomic E-state index is 0.691. The van der Waals surface area contributed by atoms with Crippen molar-refractivity contribution in [2.24, 2.45) is 0 Å². The van der Waals surface area contributed by atoms with Crippen LogP contribution in [-0.2, 0) is 0 Å². The molecule has 0 atom stereocenters. The number of nitrogens with zero attached hydrogens (tertiary/aromatic N) is 1. The molecule has 2 N–H and O–H groups in total. The summed E-state index contributed by atoms with van der Waals surface area (Å²) in [6, 6.07) is 20.0. The van der Waals surface area contributed by atoms with Crippen molar-refractivity contribution in [1.29, 1.82) is 0 Å². The highest BCUT2D eigenvalue weighted by molar-refractivity contribution is 7.22. The number of anilines is 2. The van der Waals surface area contributed by atoms with Crippen LogP contribution in [0.4, 0.5) is 11.4 Å². The van der Waals surface area contributed by atoms with E-state index in [1.165, 1.54) is 0 Å². The molecular formula is C22H15N3OS. The first-order chi connectivity index (χ1) is 13.3. The van der Waals surface area contributed by atoms with Gasteiger partial charge in [-0.1, -0.05) is 24.3 Å². The molecule has 2 aromatic carbocycles. The Bertz CT molecular complexity index is 1290. The first-order valence-electron chi connectivity index (χ1n) is 8.59. The van der Waals surface area contributed by atoms with Gasteiger partial charge in [-0.05, 0) is 36.4 Å². The average Bonchev–Trinajstić information content (AvgIpc) is 3.35. The summed E-state index contributed by atoms with van der Waals surface area (Å²) in [5.41, 5.74) is 5.70. The van der Waals surface area contributed by atoms with Gasteiger partial charge in [-0.2, -0.15) is 0 Å². The van der Waals surface area contributed by atoms with Crippen LogP contribution >= 0.6 is 11.3 Å². The van der Waals surface area contributed by atoms with E-state index in [2.05, 4.69) is 39.6 Å². The van der Waals surface area contributed by atoms with Crippen molar-refractivity contribution in [3.8, 4) is 10.4 Å². The van der Waals surface area contributed by atoms with E-state index in [9.17, 15) is 4.79 Å². The summed E-state index contributed by atoms with van der Waals surface area (Å²) in [6.07, 6.45) is 4.65. The number of H-pyrrole nitrogens is 1. The number of fused-ring (bicyclic) bond motifs is 2. The molecule has 0 amide bonds. The van der Waals surface area contributed by atoms with Crippen LogP contribution in [-0.4, -0.2) is 16.3 Å². The number of thiophene rings is 1. The van der Waals surface area contributed by atoms with Gasteiger partial charge in [0.1, 0.15) is 0 Å². The molecule has 5 aromatic rings. The maximum absolute atomic E-state index is 11.4. The molecule has 27 heavy (non-hydrogen) atoms. The lowest BCUT2D eigenvalue weighted by Crippen LogP contribution is -1.90. The standard InChI is InChI=1S/C22H15N3OS/c26-13-15-3-1-2-4-17(15)21-12-20-22(27-21)19(8-10-24-20)25-16-5-6-18-14(11-16)7-9-23-18/h1-13,23H,(H,24,25). The predicted molar refractivity (Wildman–Crippen MR) is 112 cm³/mol. The number of hydrogen-bond acceptors (Lipinski definition) is 4. The second-order valence-corrected chi connectivity index (χ2v) is 7.35. The molecule has 0 bridgehead atoms. The van der Waals surface area contributed by atoms with E-state index in [-0.39, 0.29) is 0 Å². The molecule has 0 aliphatic carbocycles. The topological polar surface area (TPSA) is 57.8 Å². The zero-order chi connectivity index (χ0) is 18.2. The lowest BCUT2D eigenvalue weighted by atomic mass is 10.1. The summed E-state index contributed by atoms with van der Waals surface area (Å²) in [6.45, 7) is 0. The van der Waals surface area contributed by atoms with Gasteiger partial charge in [0.2, 0.25) is 0 Å². The van der Waals surface area contributed by atoms with Gasteiger partial charge in [0.05, 0.1) is 15.9 Å². The van der Waals surface area contributed by atoms with Crippen molar-refractivity contribution < 1.29 is 4.79 Å². The molecule has 0 saturated carbocycles. The SMILES string of the molecule is O=Cc1ccccc1-c1cc2nccc(Nc3ccc4[nH]ccc4c3)c2s1. The number of carbonyl (C=O) groups excluding carboxylic acids is 1. The Labute approximate surface area is 159 Å². The smallest absolute Gasteiger partial charge is 0.150 e. The van der Waals surface area contributed by atoms with E-state index < -0.39 is 0 Å². The Kier molecular flexibility index (Phi) is 3.73. The summed E-state index contributed by atoms with van der Waals surface area (Å²) in [7, 11) is 0. The third-order valence-corrected chi connectivity index (χ3v) is 5.79. The summed E-state index contributed by atoms with van der Waals surface area (Å²) >= 11 is 1.64. The molecule has 5 rings (SSSR count). The summed E-state index contributed by atoms with van der Waals surface area (Å²) in [5, 5.41) is 4.67. The minimum Gasteiger partial charge on any atom is -0.361 e. The maximum atomic E-state index is 11.4. The lowest BCUT2D eigenvalue weighted by molar-refractivity contribution is 0.112. The summed E-state index contributed by atoms with van der Waals surface area (Å²) in [4.78, 5) is 20.1. The fourth-order valence-electron chi connectivity index (χ4n) is 3.28. The van der Waals surface area contributed by atoms with Crippen molar-refractivity contribution in [3.63, 3.8) is 0 Å². The second kappa shape index (κ2) is 6.37. The van der Waals surface area contributed by atoms with E-state index in [1.54, 1.807) is 11.3 Å².